The number of aliphatic hydroxyl groups excluding tert-OH is 2. The highest BCUT2D eigenvalue weighted by molar-refractivity contribution is 5.76. The number of allylic oxidation sites excluding steroid dienone is 9. The summed E-state index contributed by atoms with van der Waals surface area (Å²) in [4.78, 5) is 12.5. The molecule has 0 bridgehead atoms. The van der Waals surface area contributed by atoms with Crippen LogP contribution >= 0.6 is 0 Å². The Morgan fingerprint density at radius 2 is 0.627 bits per heavy atom. The van der Waals surface area contributed by atoms with Crippen molar-refractivity contribution in [2.24, 2.45) is 0 Å². The van der Waals surface area contributed by atoms with Crippen molar-refractivity contribution < 1.29 is 15.0 Å². The van der Waals surface area contributed by atoms with Gasteiger partial charge in [0.05, 0.1) is 18.8 Å². The lowest BCUT2D eigenvalue weighted by molar-refractivity contribution is -0.123. The van der Waals surface area contributed by atoms with Crippen LogP contribution < -0.4 is 5.32 Å². The van der Waals surface area contributed by atoms with Crippen molar-refractivity contribution in [1.29, 1.82) is 0 Å². The Balaban J connectivity index is 3.50. The molecule has 67 heavy (non-hydrogen) atoms. The molecule has 392 valence electrons. The van der Waals surface area contributed by atoms with E-state index in [2.05, 4.69) is 67.8 Å². The topological polar surface area (TPSA) is 69.6 Å². The zero-order chi connectivity index (χ0) is 48.5. The summed E-state index contributed by atoms with van der Waals surface area (Å²) in [6, 6.07) is -0.647. The molecule has 2 unspecified atom stereocenters. The minimum Gasteiger partial charge on any atom is -0.394 e. The van der Waals surface area contributed by atoms with Crippen molar-refractivity contribution in [2.45, 2.75) is 328 Å². The predicted octanol–water partition coefficient (Wildman–Crippen LogP) is 20.0. The highest BCUT2D eigenvalue weighted by Gasteiger charge is 2.18. The van der Waals surface area contributed by atoms with Gasteiger partial charge in [0.15, 0.2) is 0 Å². The molecule has 1 amide bonds. The van der Waals surface area contributed by atoms with E-state index in [1.165, 1.54) is 250 Å². The summed E-state index contributed by atoms with van der Waals surface area (Å²) in [7, 11) is 0. The summed E-state index contributed by atoms with van der Waals surface area (Å²) in [5.74, 6) is -0.0751. The van der Waals surface area contributed by atoms with Gasteiger partial charge in [-0.25, -0.2) is 0 Å². The van der Waals surface area contributed by atoms with Gasteiger partial charge in [0.25, 0.3) is 0 Å². The third kappa shape index (κ3) is 54.9. The number of unbranched alkanes of at least 4 members (excludes halogenated alkanes) is 40. The first-order valence-corrected chi connectivity index (χ1v) is 30.0. The van der Waals surface area contributed by atoms with Crippen molar-refractivity contribution in [1.82, 2.24) is 5.32 Å². The predicted molar refractivity (Wildman–Crippen MR) is 299 cm³/mol. The van der Waals surface area contributed by atoms with Crippen LogP contribution in [-0.4, -0.2) is 34.9 Å². The maximum atomic E-state index is 12.5. The van der Waals surface area contributed by atoms with E-state index in [4.69, 9.17) is 0 Å². The Hall–Kier alpha value is -1.91. The maximum absolute atomic E-state index is 12.5. The van der Waals surface area contributed by atoms with Gasteiger partial charge in [-0.1, -0.05) is 293 Å². The largest absolute Gasteiger partial charge is 0.394 e. The van der Waals surface area contributed by atoms with E-state index < -0.39 is 12.1 Å². The first kappa shape index (κ1) is 65.1. The Kier molecular flexibility index (Phi) is 56.7. The van der Waals surface area contributed by atoms with Gasteiger partial charge >= 0.3 is 0 Å². The number of hydrogen-bond donors (Lipinski definition) is 3. The summed E-state index contributed by atoms with van der Waals surface area (Å²) in [6.07, 6.45) is 82.6. The van der Waals surface area contributed by atoms with Gasteiger partial charge < -0.3 is 15.5 Å². The third-order valence-corrected chi connectivity index (χ3v) is 13.7. The molecule has 0 rings (SSSR count). The highest BCUT2D eigenvalue weighted by atomic mass is 16.3. The quantitative estimate of drug-likeness (QED) is 0.0420. The fraction of sp³-hybridized carbons (Fsp3) is 0.825. The number of aliphatic hydroxyl groups is 2. The molecule has 4 heteroatoms. The summed E-state index contributed by atoms with van der Waals surface area (Å²) in [5, 5.41) is 23.1. The van der Waals surface area contributed by atoms with Crippen LogP contribution in [0.1, 0.15) is 316 Å². The van der Waals surface area contributed by atoms with Crippen molar-refractivity contribution in [3.63, 3.8) is 0 Å². The second-order valence-electron chi connectivity index (χ2n) is 20.4. The van der Waals surface area contributed by atoms with Crippen molar-refractivity contribution >= 4 is 5.91 Å². The van der Waals surface area contributed by atoms with Gasteiger partial charge in [-0.15, -0.1) is 0 Å². The van der Waals surface area contributed by atoms with Crippen LogP contribution in [0, 0.1) is 0 Å². The van der Waals surface area contributed by atoms with E-state index in [0.717, 1.165) is 44.9 Å². The summed E-state index contributed by atoms with van der Waals surface area (Å²) >= 11 is 0. The molecule has 0 aromatic carbocycles. The fourth-order valence-corrected chi connectivity index (χ4v) is 9.13. The number of amides is 1. The standard InChI is InChI=1S/C63H117NO3/c1-3-5-7-9-11-13-15-17-19-21-23-25-26-27-28-29-30-31-32-33-34-35-36-37-38-39-41-43-45-47-49-51-53-55-57-59-63(67)64-61(60-65)62(66)58-56-54-52-50-48-46-44-42-40-24-22-20-18-16-14-12-10-8-6-4-2/h26-27,29-30,40,42,48,50,56,58,61-62,65-66H,3-25,28,31-39,41,43-47,49,51-55,57,59-60H2,1-2H3,(H,64,67)/b27-26-,30-29-,42-40+,50-48+,58-56+. The molecule has 0 aliphatic rings. The van der Waals surface area contributed by atoms with E-state index in [0.29, 0.717) is 6.42 Å². The molecule has 0 heterocycles. The SMILES string of the molecule is CCCCCCCCCCCC/C=C/CC/C=C/CC/C=C/C(O)C(CO)NC(=O)CCCCCCCCCCCCCCCCCCC/C=C\C/C=C\CCCCCCCCCCCCC. The second-order valence-corrected chi connectivity index (χ2v) is 20.4. The van der Waals surface area contributed by atoms with Gasteiger partial charge in [0, 0.05) is 6.42 Å². The Bertz CT molecular complexity index is 1110. The van der Waals surface area contributed by atoms with Crippen LogP contribution in [0.3, 0.4) is 0 Å². The first-order valence-electron chi connectivity index (χ1n) is 30.0. The number of carbonyl (C=O) groups is 1. The van der Waals surface area contributed by atoms with E-state index in [1.807, 2.05) is 6.08 Å². The van der Waals surface area contributed by atoms with E-state index in [9.17, 15) is 15.0 Å². The molecule has 0 radical (unpaired) electrons. The molecule has 0 aromatic rings. The Morgan fingerprint density at radius 1 is 0.358 bits per heavy atom. The molecular formula is C63H117NO3. The van der Waals surface area contributed by atoms with Gasteiger partial charge in [-0.2, -0.15) is 0 Å². The third-order valence-electron chi connectivity index (χ3n) is 13.7. The molecule has 0 saturated carbocycles. The van der Waals surface area contributed by atoms with Crippen LogP contribution in [0.25, 0.3) is 0 Å². The van der Waals surface area contributed by atoms with Crippen molar-refractivity contribution in [3.8, 4) is 0 Å². The minimum absolute atomic E-state index is 0.0751. The fourth-order valence-electron chi connectivity index (χ4n) is 9.13. The highest BCUT2D eigenvalue weighted by Crippen LogP contribution is 2.17. The Morgan fingerprint density at radius 3 is 0.955 bits per heavy atom. The van der Waals surface area contributed by atoms with Crippen LogP contribution in [0.15, 0.2) is 60.8 Å². The van der Waals surface area contributed by atoms with Crippen LogP contribution in [0.4, 0.5) is 0 Å². The van der Waals surface area contributed by atoms with E-state index >= 15 is 0 Å². The lowest BCUT2D eigenvalue weighted by Crippen LogP contribution is -2.45. The summed E-state index contributed by atoms with van der Waals surface area (Å²) in [6.45, 7) is 4.32. The lowest BCUT2D eigenvalue weighted by atomic mass is 10.0. The zero-order valence-corrected chi connectivity index (χ0v) is 45.2. The molecule has 0 spiro atoms. The summed E-state index contributed by atoms with van der Waals surface area (Å²) in [5.41, 5.74) is 0. The molecule has 2 atom stereocenters. The number of hydrogen-bond acceptors (Lipinski definition) is 3. The van der Waals surface area contributed by atoms with Gasteiger partial charge in [0.2, 0.25) is 5.91 Å². The normalized spacial score (nSPS) is 13.2. The Labute approximate surface area is 419 Å². The monoisotopic (exact) mass is 936 g/mol. The second kappa shape index (κ2) is 58.4. The average molecular weight is 937 g/mol. The van der Waals surface area contributed by atoms with Gasteiger partial charge in [-0.3, -0.25) is 4.79 Å². The summed E-state index contributed by atoms with van der Waals surface area (Å²) < 4.78 is 0. The number of carbonyl (C=O) groups excluding carboxylic acids is 1. The molecule has 0 saturated heterocycles. The number of nitrogens with one attached hydrogen (secondary N) is 1. The van der Waals surface area contributed by atoms with Crippen LogP contribution in [0.5, 0.6) is 0 Å². The zero-order valence-electron chi connectivity index (χ0n) is 45.2. The van der Waals surface area contributed by atoms with Crippen LogP contribution in [0.2, 0.25) is 0 Å². The first-order chi connectivity index (χ1) is 33.2. The molecule has 4 nitrogen and oxygen atoms in total. The number of rotatable bonds is 55. The molecule has 3 N–H and O–H groups in total. The van der Waals surface area contributed by atoms with E-state index in [-0.39, 0.29) is 12.5 Å². The molecule has 0 fully saturated rings. The van der Waals surface area contributed by atoms with Crippen LogP contribution in [-0.2, 0) is 4.79 Å². The van der Waals surface area contributed by atoms with E-state index in [1.54, 1.807) is 6.08 Å². The average Bonchev–Trinajstić information content (AvgIpc) is 3.33. The molecule has 0 aromatic heterocycles. The molecule has 0 aliphatic heterocycles. The molecular weight excluding hydrogens is 819 g/mol. The van der Waals surface area contributed by atoms with Gasteiger partial charge in [0.1, 0.15) is 0 Å². The van der Waals surface area contributed by atoms with Gasteiger partial charge in [-0.05, 0) is 77.0 Å². The lowest BCUT2D eigenvalue weighted by Gasteiger charge is -2.19. The molecule has 0 aliphatic carbocycles. The van der Waals surface area contributed by atoms with Crippen molar-refractivity contribution in [3.05, 3.63) is 60.8 Å². The minimum atomic E-state index is -0.872. The maximum Gasteiger partial charge on any atom is 0.220 e. The smallest absolute Gasteiger partial charge is 0.220 e. The van der Waals surface area contributed by atoms with Crippen molar-refractivity contribution in [2.75, 3.05) is 6.61 Å².